The predicted octanol–water partition coefficient (Wildman–Crippen LogP) is 5.71. The molecule has 12 heteroatoms. The Bertz CT molecular complexity index is 1010. The molecule has 180 valence electrons. The molecular weight excluding hydrogens is 461 g/mol. The summed E-state index contributed by atoms with van der Waals surface area (Å²) in [6, 6.07) is 6.21. The largest absolute Gasteiger partial charge is 0.447 e. The molecule has 0 radical (unpaired) electrons. The van der Waals surface area contributed by atoms with Crippen molar-refractivity contribution in [2.75, 3.05) is 0 Å². The monoisotopic (exact) mass is 480 g/mol. The molecule has 0 saturated heterocycles. The number of ether oxygens (including phenoxy) is 2. The fourth-order valence-electron chi connectivity index (χ4n) is 4.48. The van der Waals surface area contributed by atoms with Gasteiger partial charge in [0, 0.05) is 0 Å². The van der Waals surface area contributed by atoms with Gasteiger partial charge >= 0.3 is 18.8 Å². The van der Waals surface area contributed by atoms with Crippen LogP contribution in [-0.4, -0.2) is 34.4 Å². The van der Waals surface area contributed by atoms with Gasteiger partial charge in [-0.05, 0) is 37.8 Å². The van der Waals surface area contributed by atoms with E-state index in [1.54, 1.807) is 6.07 Å². The van der Waals surface area contributed by atoms with E-state index in [0.29, 0.717) is 6.42 Å². The van der Waals surface area contributed by atoms with Crippen LogP contribution >= 0.6 is 0 Å². The standard InChI is InChI=1S/C21H19F7N2O3/c22-19(23)32-13-8-4-7-12(9-13)30-14-10-20(24,25)17(15(14)16(29-30)21(26,27)28)33-18(31)11-5-2-1-3-6-11/h1-3,5-6,12-13,17,19H,4,7-10H2/t12?,13-,17+/m1/s1. The van der Waals surface area contributed by atoms with E-state index in [0.717, 1.165) is 4.68 Å². The maximum absolute atomic E-state index is 14.9. The summed E-state index contributed by atoms with van der Waals surface area (Å²) < 4.78 is 106. The number of carbonyl (C=O) groups excluding carboxylic acids is 1. The fourth-order valence-corrected chi connectivity index (χ4v) is 4.48. The lowest BCUT2D eigenvalue weighted by Gasteiger charge is -2.30. The second-order valence-corrected chi connectivity index (χ2v) is 8.08. The van der Waals surface area contributed by atoms with Gasteiger partial charge in [0.15, 0.2) is 11.8 Å². The van der Waals surface area contributed by atoms with Crippen LogP contribution in [-0.2, 0) is 22.1 Å². The SMILES string of the molecule is O=C(O[C@H]1c2c(C(F)(F)F)nn(C3CCC[C@@H](OC(F)F)C3)c2CC1(F)F)c1ccccc1. The first kappa shape index (κ1) is 23.5. The molecule has 1 aromatic carbocycles. The van der Waals surface area contributed by atoms with Crippen molar-refractivity contribution in [3.05, 3.63) is 52.8 Å². The minimum absolute atomic E-state index is 0.0954. The van der Waals surface area contributed by atoms with Crippen molar-refractivity contribution in [2.45, 2.75) is 69.1 Å². The second-order valence-electron chi connectivity index (χ2n) is 8.08. The summed E-state index contributed by atoms with van der Waals surface area (Å²) in [5.41, 5.74) is -2.98. The van der Waals surface area contributed by atoms with Gasteiger partial charge in [-0.25, -0.2) is 13.6 Å². The lowest BCUT2D eigenvalue weighted by molar-refractivity contribution is -0.172. The molecule has 4 rings (SSSR count). The molecule has 1 heterocycles. The van der Waals surface area contributed by atoms with Crippen molar-refractivity contribution < 1.29 is 45.0 Å². The van der Waals surface area contributed by atoms with Gasteiger partial charge in [-0.3, -0.25) is 4.68 Å². The molecule has 2 aliphatic carbocycles. The van der Waals surface area contributed by atoms with Gasteiger partial charge in [-0.1, -0.05) is 18.2 Å². The van der Waals surface area contributed by atoms with Crippen molar-refractivity contribution in [1.29, 1.82) is 0 Å². The third kappa shape index (κ3) is 4.71. The molecular formula is C21H19F7N2O3. The average molecular weight is 480 g/mol. The van der Waals surface area contributed by atoms with E-state index in [9.17, 15) is 35.5 Å². The molecule has 2 aliphatic rings. The van der Waals surface area contributed by atoms with Gasteiger partial charge in [-0.2, -0.15) is 27.1 Å². The minimum Gasteiger partial charge on any atom is -0.447 e. The van der Waals surface area contributed by atoms with Crippen LogP contribution in [0.4, 0.5) is 30.7 Å². The van der Waals surface area contributed by atoms with Crippen LogP contribution < -0.4 is 0 Å². The Morgan fingerprint density at radius 2 is 1.85 bits per heavy atom. The summed E-state index contributed by atoms with van der Waals surface area (Å²) in [4.78, 5) is 12.4. The van der Waals surface area contributed by atoms with Crippen molar-refractivity contribution in [1.82, 2.24) is 9.78 Å². The Kier molecular flexibility index (Phi) is 6.14. The first-order chi connectivity index (χ1) is 15.5. The third-order valence-corrected chi connectivity index (χ3v) is 5.84. The van der Waals surface area contributed by atoms with Gasteiger partial charge in [0.05, 0.1) is 35.4 Å². The highest BCUT2D eigenvalue weighted by molar-refractivity contribution is 5.89. The quantitative estimate of drug-likeness (QED) is 0.406. The molecule has 1 saturated carbocycles. The summed E-state index contributed by atoms with van der Waals surface area (Å²) in [6.07, 6.45) is -8.88. The zero-order valence-corrected chi connectivity index (χ0v) is 17.0. The molecule has 0 aliphatic heterocycles. The van der Waals surface area contributed by atoms with Crippen LogP contribution in [0.3, 0.4) is 0 Å². The molecule has 2 aromatic rings. The molecule has 1 fully saturated rings. The summed E-state index contributed by atoms with van der Waals surface area (Å²) in [6.45, 7) is -3.06. The Morgan fingerprint density at radius 3 is 2.48 bits per heavy atom. The van der Waals surface area contributed by atoms with Crippen molar-refractivity contribution in [3.8, 4) is 0 Å². The first-order valence-corrected chi connectivity index (χ1v) is 10.2. The van der Waals surface area contributed by atoms with Gasteiger partial charge in [0.2, 0.25) is 0 Å². The van der Waals surface area contributed by atoms with Crippen LogP contribution in [0.5, 0.6) is 0 Å². The smallest absolute Gasteiger partial charge is 0.435 e. The number of aromatic nitrogens is 2. The molecule has 1 unspecified atom stereocenters. The van der Waals surface area contributed by atoms with E-state index in [2.05, 4.69) is 9.84 Å². The molecule has 5 nitrogen and oxygen atoms in total. The van der Waals surface area contributed by atoms with Crippen molar-refractivity contribution >= 4 is 5.97 Å². The highest BCUT2D eigenvalue weighted by Gasteiger charge is 2.58. The Balaban J connectivity index is 1.71. The predicted molar refractivity (Wildman–Crippen MR) is 98.9 cm³/mol. The van der Waals surface area contributed by atoms with Gasteiger partial charge in [0.1, 0.15) is 0 Å². The van der Waals surface area contributed by atoms with Gasteiger partial charge < -0.3 is 9.47 Å². The van der Waals surface area contributed by atoms with Crippen molar-refractivity contribution in [2.24, 2.45) is 0 Å². The Labute approximate surface area is 183 Å². The number of carbonyl (C=O) groups is 1. The normalized spacial score (nSPS) is 24.7. The number of fused-ring (bicyclic) bond motifs is 1. The molecule has 0 bridgehead atoms. The fraction of sp³-hybridized carbons (Fsp3) is 0.524. The number of rotatable bonds is 5. The lowest BCUT2D eigenvalue weighted by Crippen LogP contribution is -2.30. The number of esters is 1. The number of alkyl halides is 7. The topological polar surface area (TPSA) is 53.3 Å². The highest BCUT2D eigenvalue weighted by Crippen LogP contribution is 2.51. The maximum atomic E-state index is 14.9. The van der Waals surface area contributed by atoms with E-state index in [4.69, 9.17) is 4.74 Å². The van der Waals surface area contributed by atoms with Crippen LogP contribution in [0, 0.1) is 0 Å². The summed E-state index contributed by atoms with van der Waals surface area (Å²) in [7, 11) is 0. The van der Waals surface area contributed by atoms with E-state index in [1.807, 2.05) is 0 Å². The molecule has 3 atom stereocenters. The maximum Gasteiger partial charge on any atom is 0.435 e. The third-order valence-electron chi connectivity index (χ3n) is 5.84. The van der Waals surface area contributed by atoms with Crippen LogP contribution in [0.15, 0.2) is 30.3 Å². The molecule has 0 amide bonds. The minimum atomic E-state index is -5.10. The number of hydrogen-bond donors (Lipinski definition) is 0. The van der Waals surface area contributed by atoms with Crippen LogP contribution in [0.2, 0.25) is 0 Å². The highest BCUT2D eigenvalue weighted by atomic mass is 19.4. The van der Waals surface area contributed by atoms with Crippen molar-refractivity contribution in [3.63, 3.8) is 0 Å². The zero-order valence-electron chi connectivity index (χ0n) is 17.0. The van der Waals surface area contributed by atoms with E-state index >= 15 is 0 Å². The number of nitrogens with zero attached hydrogens (tertiary/aromatic N) is 2. The molecule has 33 heavy (non-hydrogen) atoms. The number of hydrogen-bond acceptors (Lipinski definition) is 4. The number of benzene rings is 1. The van der Waals surface area contributed by atoms with E-state index < -0.39 is 66.3 Å². The number of halogens is 7. The van der Waals surface area contributed by atoms with E-state index in [1.165, 1.54) is 24.3 Å². The van der Waals surface area contributed by atoms with Gasteiger partial charge in [0.25, 0.3) is 5.92 Å². The second kappa shape index (κ2) is 8.62. The molecule has 0 spiro atoms. The zero-order chi connectivity index (χ0) is 24.0. The average Bonchev–Trinajstić information content (AvgIpc) is 3.21. The van der Waals surface area contributed by atoms with Gasteiger partial charge in [-0.15, -0.1) is 0 Å². The Hall–Kier alpha value is -2.63. The molecule has 0 N–H and O–H groups in total. The summed E-state index contributed by atoms with van der Waals surface area (Å²) in [5, 5.41) is 3.56. The molecule has 1 aromatic heterocycles. The first-order valence-electron chi connectivity index (χ1n) is 10.2. The summed E-state index contributed by atoms with van der Waals surface area (Å²) >= 11 is 0. The van der Waals surface area contributed by atoms with E-state index in [-0.39, 0.29) is 24.8 Å². The van der Waals surface area contributed by atoms with Crippen LogP contribution in [0.1, 0.15) is 65.1 Å². The lowest BCUT2D eigenvalue weighted by atomic mass is 9.92. The summed E-state index contributed by atoms with van der Waals surface area (Å²) in [5.74, 6) is -5.01. The van der Waals surface area contributed by atoms with Crippen LogP contribution in [0.25, 0.3) is 0 Å². The Morgan fingerprint density at radius 1 is 1.15 bits per heavy atom.